The molecule has 0 unspecified atom stereocenters. The van der Waals surface area contributed by atoms with Crippen LogP contribution < -0.4 is 5.32 Å². The molecule has 0 spiro atoms. The molecule has 0 atom stereocenters. The van der Waals surface area contributed by atoms with Crippen molar-refractivity contribution < 1.29 is 14.3 Å². The molecule has 28 heavy (non-hydrogen) atoms. The fourth-order valence-corrected chi connectivity index (χ4v) is 3.03. The highest BCUT2D eigenvalue weighted by atomic mass is 19.1. The molecule has 3 rings (SSSR count). The predicted octanol–water partition coefficient (Wildman–Crippen LogP) is 3.89. The first-order valence-electron chi connectivity index (χ1n) is 8.96. The van der Waals surface area contributed by atoms with E-state index in [2.05, 4.69) is 16.9 Å². The second kappa shape index (κ2) is 9.06. The molecule has 1 amide bonds. The predicted molar refractivity (Wildman–Crippen MR) is 108 cm³/mol. The van der Waals surface area contributed by atoms with Gasteiger partial charge in [-0.3, -0.25) is 9.78 Å². The number of pyridine rings is 1. The van der Waals surface area contributed by atoms with Gasteiger partial charge in [0.1, 0.15) is 5.82 Å². The van der Waals surface area contributed by atoms with E-state index in [0.717, 1.165) is 27.8 Å². The molecule has 3 aromatic rings. The third-order valence-electron chi connectivity index (χ3n) is 4.45. The molecular formula is C23H21FN2O2. The second-order valence-electron chi connectivity index (χ2n) is 6.29. The van der Waals surface area contributed by atoms with E-state index in [-0.39, 0.29) is 18.3 Å². The minimum atomic E-state index is -0.305. The Morgan fingerprint density at radius 2 is 1.86 bits per heavy atom. The fourth-order valence-electron chi connectivity index (χ4n) is 3.03. The Kier molecular flexibility index (Phi) is 6.29. The van der Waals surface area contributed by atoms with Crippen LogP contribution >= 0.6 is 0 Å². The van der Waals surface area contributed by atoms with Crippen molar-refractivity contribution in [2.24, 2.45) is 0 Å². The quantitative estimate of drug-likeness (QED) is 0.615. The van der Waals surface area contributed by atoms with E-state index >= 15 is 0 Å². The highest BCUT2D eigenvalue weighted by Gasteiger charge is 2.13. The Morgan fingerprint density at radius 1 is 1.11 bits per heavy atom. The van der Waals surface area contributed by atoms with Crippen LogP contribution in [-0.2, 0) is 17.8 Å². The second-order valence-corrected chi connectivity index (χ2v) is 6.29. The number of benzene rings is 2. The Balaban J connectivity index is 2.09. The minimum absolute atomic E-state index is 0.0372. The highest BCUT2D eigenvalue weighted by molar-refractivity contribution is 5.87. The average molecular weight is 376 g/mol. The molecule has 142 valence electrons. The van der Waals surface area contributed by atoms with Gasteiger partial charge in [0.25, 0.3) is 0 Å². The van der Waals surface area contributed by atoms with E-state index in [4.69, 9.17) is 0 Å². The number of aliphatic hydroxyl groups is 1. The third-order valence-corrected chi connectivity index (χ3v) is 4.45. The lowest BCUT2D eigenvalue weighted by molar-refractivity contribution is -0.116. The van der Waals surface area contributed by atoms with Crippen molar-refractivity contribution in [1.29, 1.82) is 0 Å². The molecule has 1 heterocycles. The lowest BCUT2D eigenvalue weighted by Crippen LogP contribution is -2.20. The van der Waals surface area contributed by atoms with Gasteiger partial charge in [-0.25, -0.2) is 4.39 Å². The smallest absolute Gasteiger partial charge is 0.243 e. The van der Waals surface area contributed by atoms with E-state index < -0.39 is 0 Å². The molecule has 4 nitrogen and oxygen atoms in total. The van der Waals surface area contributed by atoms with Crippen molar-refractivity contribution in [3.05, 3.63) is 90.4 Å². The maximum Gasteiger partial charge on any atom is 0.243 e. The van der Waals surface area contributed by atoms with Crippen LogP contribution in [0.1, 0.15) is 11.1 Å². The Hall–Kier alpha value is -3.31. The number of carbonyl (C=O) groups excluding carboxylic acids is 1. The molecule has 5 heteroatoms. The van der Waals surface area contributed by atoms with E-state index in [0.29, 0.717) is 18.7 Å². The highest BCUT2D eigenvalue weighted by Crippen LogP contribution is 2.31. The van der Waals surface area contributed by atoms with Crippen LogP contribution in [0.15, 0.2) is 73.4 Å². The Bertz CT molecular complexity index is 984. The maximum absolute atomic E-state index is 13.3. The van der Waals surface area contributed by atoms with Gasteiger partial charge in [-0.2, -0.15) is 0 Å². The van der Waals surface area contributed by atoms with E-state index in [1.165, 1.54) is 18.2 Å². The number of hydrogen-bond acceptors (Lipinski definition) is 3. The number of hydrogen-bond donors (Lipinski definition) is 2. The number of carbonyl (C=O) groups is 1. The summed E-state index contributed by atoms with van der Waals surface area (Å²) in [5.41, 5.74) is 5.20. The minimum Gasteiger partial charge on any atom is -0.396 e. The first-order valence-corrected chi connectivity index (χ1v) is 8.96. The van der Waals surface area contributed by atoms with Gasteiger partial charge in [0, 0.05) is 24.9 Å². The Labute approximate surface area is 163 Å². The first kappa shape index (κ1) is 19.5. The summed E-state index contributed by atoms with van der Waals surface area (Å²) in [6.45, 7) is 3.80. The van der Waals surface area contributed by atoms with Gasteiger partial charge in [-0.05, 0) is 65.1 Å². The van der Waals surface area contributed by atoms with Crippen molar-refractivity contribution in [3.8, 4) is 22.4 Å². The summed E-state index contributed by atoms with van der Waals surface area (Å²) < 4.78 is 13.3. The van der Waals surface area contributed by atoms with Crippen molar-refractivity contribution in [1.82, 2.24) is 10.3 Å². The summed E-state index contributed by atoms with van der Waals surface area (Å²) in [5, 5.41) is 12.2. The lowest BCUT2D eigenvalue weighted by atomic mass is 9.93. The largest absolute Gasteiger partial charge is 0.396 e. The number of rotatable bonds is 7. The summed E-state index contributed by atoms with van der Waals surface area (Å²) in [4.78, 5) is 16.1. The van der Waals surface area contributed by atoms with Gasteiger partial charge in [-0.1, -0.05) is 30.8 Å². The number of nitrogens with one attached hydrogen (secondary N) is 1. The molecule has 0 aliphatic rings. The first-order chi connectivity index (χ1) is 13.6. The van der Waals surface area contributed by atoms with Crippen molar-refractivity contribution in [2.45, 2.75) is 13.0 Å². The lowest BCUT2D eigenvalue weighted by Gasteiger charge is -2.15. The summed E-state index contributed by atoms with van der Waals surface area (Å²) in [6.07, 6.45) is 3.45. The summed E-state index contributed by atoms with van der Waals surface area (Å²) in [7, 11) is 0. The van der Waals surface area contributed by atoms with Crippen LogP contribution in [0.5, 0.6) is 0 Å². The molecule has 0 bridgehead atoms. The average Bonchev–Trinajstić information content (AvgIpc) is 2.73. The van der Waals surface area contributed by atoms with Crippen molar-refractivity contribution in [2.75, 3.05) is 6.61 Å². The zero-order valence-corrected chi connectivity index (χ0v) is 15.4. The van der Waals surface area contributed by atoms with Gasteiger partial charge in [0.2, 0.25) is 5.91 Å². The number of halogens is 1. The molecule has 0 aliphatic heterocycles. The molecule has 0 saturated heterocycles. The number of aromatic nitrogens is 1. The number of nitrogens with zero attached hydrogens (tertiary/aromatic N) is 1. The molecule has 2 N–H and O–H groups in total. The summed E-state index contributed by atoms with van der Waals surface area (Å²) >= 11 is 0. The third kappa shape index (κ3) is 4.50. The zero-order chi connectivity index (χ0) is 19.9. The van der Waals surface area contributed by atoms with Crippen LogP contribution in [0, 0.1) is 5.82 Å². The molecular weight excluding hydrogens is 355 g/mol. The van der Waals surface area contributed by atoms with Gasteiger partial charge in [0.15, 0.2) is 0 Å². The van der Waals surface area contributed by atoms with Crippen molar-refractivity contribution >= 4 is 5.91 Å². The van der Waals surface area contributed by atoms with Gasteiger partial charge >= 0.3 is 0 Å². The monoisotopic (exact) mass is 376 g/mol. The van der Waals surface area contributed by atoms with Crippen LogP contribution in [0.3, 0.4) is 0 Å². The van der Waals surface area contributed by atoms with Crippen LogP contribution in [0.25, 0.3) is 22.4 Å². The SMILES string of the molecule is C=CC(=O)NCc1cnc(-c2ccc(F)cc2)cc1-c1ccccc1CCO. The van der Waals surface area contributed by atoms with Crippen LogP contribution in [-0.4, -0.2) is 22.6 Å². The topological polar surface area (TPSA) is 62.2 Å². The zero-order valence-electron chi connectivity index (χ0n) is 15.4. The molecule has 0 saturated carbocycles. The van der Waals surface area contributed by atoms with Crippen LogP contribution in [0.2, 0.25) is 0 Å². The normalized spacial score (nSPS) is 10.5. The molecule has 0 fully saturated rings. The summed E-state index contributed by atoms with van der Waals surface area (Å²) in [6, 6.07) is 15.9. The van der Waals surface area contributed by atoms with Crippen LogP contribution in [0.4, 0.5) is 4.39 Å². The van der Waals surface area contributed by atoms with E-state index in [1.807, 2.05) is 30.3 Å². The Morgan fingerprint density at radius 3 is 2.57 bits per heavy atom. The van der Waals surface area contributed by atoms with Gasteiger partial charge < -0.3 is 10.4 Å². The summed E-state index contributed by atoms with van der Waals surface area (Å²) in [5.74, 6) is -0.571. The molecule has 1 aromatic heterocycles. The molecule has 0 radical (unpaired) electrons. The molecule has 0 aliphatic carbocycles. The van der Waals surface area contributed by atoms with Gasteiger partial charge in [0.05, 0.1) is 5.69 Å². The number of aliphatic hydroxyl groups excluding tert-OH is 1. The molecule has 2 aromatic carbocycles. The number of amides is 1. The van der Waals surface area contributed by atoms with Gasteiger partial charge in [-0.15, -0.1) is 0 Å². The van der Waals surface area contributed by atoms with Crippen molar-refractivity contribution in [3.63, 3.8) is 0 Å². The van der Waals surface area contributed by atoms with E-state index in [1.54, 1.807) is 18.3 Å². The van der Waals surface area contributed by atoms with E-state index in [9.17, 15) is 14.3 Å². The fraction of sp³-hybridized carbons (Fsp3) is 0.130. The maximum atomic E-state index is 13.3. The standard InChI is InChI=1S/C23H21FN2O2/c1-2-23(28)26-15-18-14-25-22(17-7-9-19(24)10-8-17)13-21(18)20-6-4-3-5-16(20)11-12-27/h2-10,13-14,27H,1,11-12,15H2,(H,26,28).